The van der Waals surface area contributed by atoms with Crippen LogP contribution in [0.5, 0.6) is 0 Å². The van der Waals surface area contributed by atoms with Gasteiger partial charge in [0, 0.05) is 11.1 Å². The second-order valence-corrected chi connectivity index (χ2v) is 5.32. The highest BCUT2D eigenvalue weighted by atomic mass is 16.5. The van der Waals surface area contributed by atoms with E-state index in [2.05, 4.69) is 0 Å². The van der Waals surface area contributed by atoms with Gasteiger partial charge in [0.05, 0.1) is 5.92 Å². The Morgan fingerprint density at radius 1 is 1.00 bits per heavy atom. The molecular formula is C19H16O3. The number of hydrogen-bond acceptors (Lipinski definition) is 3. The maximum atomic E-state index is 12.6. The highest BCUT2D eigenvalue weighted by molar-refractivity contribution is 6.10. The Morgan fingerprint density at radius 2 is 1.59 bits per heavy atom. The lowest BCUT2D eigenvalue weighted by Crippen LogP contribution is -2.24. The monoisotopic (exact) mass is 292 g/mol. The Morgan fingerprint density at radius 3 is 2.23 bits per heavy atom. The zero-order valence-corrected chi connectivity index (χ0v) is 12.3. The molecule has 0 N–H and O–H groups in total. The predicted octanol–water partition coefficient (Wildman–Crippen LogP) is 3.87. The molecular weight excluding hydrogens is 276 g/mol. The third-order valence-corrected chi connectivity index (χ3v) is 3.88. The molecule has 0 saturated heterocycles. The molecule has 0 aromatic heterocycles. The molecule has 0 bridgehead atoms. The Hall–Kier alpha value is -2.68. The molecule has 1 atom stereocenters. The standard InChI is InChI=1S/C19H16O3/c1-13-16(18(20)15-10-6-3-7-11-15)12-17(19(21)22-13)14-8-4-2-5-9-14/h2-11,17H,12H2,1H3. The molecule has 22 heavy (non-hydrogen) atoms. The number of carbonyl (C=O) groups is 2. The maximum Gasteiger partial charge on any atom is 0.318 e. The zero-order chi connectivity index (χ0) is 15.5. The number of allylic oxidation sites excluding steroid dienone is 2. The van der Waals surface area contributed by atoms with Gasteiger partial charge in [0.25, 0.3) is 0 Å². The Bertz CT molecular complexity index is 730. The van der Waals surface area contributed by atoms with E-state index >= 15 is 0 Å². The van der Waals surface area contributed by atoms with E-state index in [-0.39, 0.29) is 11.8 Å². The summed E-state index contributed by atoms with van der Waals surface area (Å²) < 4.78 is 5.33. The highest BCUT2D eigenvalue weighted by Gasteiger charge is 2.32. The van der Waals surface area contributed by atoms with Gasteiger partial charge in [-0.05, 0) is 18.9 Å². The first-order valence-electron chi connectivity index (χ1n) is 7.23. The van der Waals surface area contributed by atoms with Gasteiger partial charge < -0.3 is 4.74 Å². The molecule has 0 aliphatic carbocycles. The Labute approximate surface area is 129 Å². The highest BCUT2D eigenvalue weighted by Crippen LogP contribution is 2.33. The van der Waals surface area contributed by atoms with Crippen molar-refractivity contribution in [2.75, 3.05) is 0 Å². The minimum atomic E-state index is -0.424. The number of cyclic esters (lactones) is 1. The summed E-state index contributed by atoms with van der Waals surface area (Å²) in [5.74, 6) is -0.390. The molecule has 2 aromatic carbocycles. The van der Waals surface area contributed by atoms with Crippen LogP contribution in [0, 0.1) is 0 Å². The summed E-state index contributed by atoms with van der Waals surface area (Å²) in [6.45, 7) is 1.68. The van der Waals surface area contributed by atoms with Gasteiger partial charge in [-0.15, -0.1) is 0 Å². The number of ketones is 1. The first kappa shape index (κ1) is 14.3. The van der Waals surface area contributed by atoms with Crippen molar-refractivity contribution in [2.24, 2.45) is 0 Å². The first-order valence-corrected chi connectivity index (χ1v) is 7.23. The van der Waals surface area contributed by atoms with E-state index in [1.165, 1.54) is 0 Å². The minimum absolute atomic E-state index is 0.0773. The molecule has 0 amide bonds. The van der Waals surface area contributed by atoms with Crippen molar-refractivity contribution in [1.82, 2.24) is 0 Å². The Balaban J connectivity index is 1.93. The van der Waals surface area contributed by atoms with Crippen LogP contribution in [0.15, 0.2) is 72.0 Å². The third-order valence-electron chi connectivity index (χ3n) is 3.88. The fraction of sp³-hybridized carbons (Fsp3) is 0.158. The molecule has 1 unspecified atom stereocenters. The number of ether oxygens (including phenoxy) is 1. The second kappa shape index (κ2) is 5.98. The van der Waals surface area contributed by atoms with Crippen LogP contribution in [0.4, 0.5) is 0 Å². The van der Waals surface area contributed by atoms with Crippen molar-refractivity contribution in [1.29, 1.82) is 0 Å². The van der Waals surface area contributed by atoms with Crippen LogP contribution in [-0.2, 0) is 9.53 Å². The molecule has 0 fully saturated rings. The Kier molecular flexibility index (Phi) is 3.88. The second-order valence-electron chi connectivity index (χ2n) is 5.32. The molecule has 0 spiro atoms. The van der Waals surface area contributed by atoms with Gasteiger partial charge in [0.2, 0.25) is 0 Å². The largest absolute Gasteiger partial charge is 0.430 e. The van der Waals surface area contributed by atoms with Crippen LogP contribution in [0.2, 0.25) is 0 Å². The fourth-order valence-electron chi connectivity index (χ4n) is 2.67. The molecule has 3 heteroatoms. The number of rotatable bonds is 3. The van der Waals surface area contributed by atoms with Crippen LogP contribution in [0.25, 0.3) is 0 Å². The van der Waals surface area contributed by atoms with Gasteiger partial charge in [-0.3, -0.25) is 9.59 Å². The molecule has 1 heterocycles. The summed E-state index contributed by atoms with van der Waals surface area (Å²) in [6, 6.07) is 18.5. The summed E-state index contributed by atoms with van der Waals surface area (Å²) in [5, 5.41) is 0. The minimum Gasteiger partial charge on any atom is -0.430 e. The quantitative estimate of drug-likeness (QED) is 0.637. The molecule has 1 aliphatic heterocycles. The molecule has 3 rings (SSSR count). The van der Waals surface area contributed by atoms with Gasteiger partial charge in [0.1, 0.15) is 5.76 Å². The van der Waals surface area contributed by atoms with Crippen LogP contribution in [-0.4, -0.2) is 11.8 Å². The lowest BCUT2D eigenvalue weighted by molar-refractivity contribution is -0.142. The van der Waals surface area contributed by atoms with Crippen molar-refractivity contribution < 1.29 is 14.3 Å². The number of benzene rings is 2. The molecule has 110 valence electrons. The van der Waals surface area contributed by atoms with Crippen LogP contribution < -0.4 is 0 Å². The van der Waals surface area contributed by atoms with Crippen LogP contribution in [0.3, 0.4) is 0 Å². The van der Waals surface area contributed by atoms with Crippen molar-refractivity contribution in [3.8, 4) is 0 Å². The number of hydrogen-bond donors (Lipinski definition) is 0. The van der Waals surface area contributed by atoms with E-state index in [9.17, 15) is 9.59 Å². The van der Waals surface area contributed by atoms with Gasteiger partial charge >= 0.3 is 5.97 Å². The van der Waals surface area contributed by atoms with Gasteiger partial charge in [-0.1, -0.05) is 60.7 Å². The lowest BCUT2D eigenvalue weighted by atomic mass is 9.86. The smallest absolute Gasteiger partial charge is 0.318 e. The topological polar surface area (TPSA) is 43.4 Å². The SMILES string of the molecule is CC1=C(C(=O)c2ccccc2)CC(c2ccccc2)C(=O)O1. The number of carbonyl (C=O) groups excluding carboxylic acids is 2. The summed E-state index contributed by atoms with van der Waals surface area (Å²) in [7, 11) is 0. The first-order chi connectivity index (χ1) is 10.7. The van der Waals surface area contributed by atoms with E-state index < -0.39 is 5.92 Å². The average molecular weight is 292 g/mol. The summed E-state index contributed by atoms with van der Waals surface area (Å²) in [4.78, 5) is 24.8. The molecule has 2 aromatic rings. The van der Waals surface area contributed by atoms with Crippen LogP contribution >= 0.6 is 0 Å². The van der Waals surface area contributed by atoms with Crippen molar-refractivity contribution in [3.63, 3.8) is 0 Å². The van der Waals surface area contributed by atoms with Gasteiger partial charge in [-0.2, -0.15) is 0 Å². The van der Waals surface area contributed by atoms with E-state index in [4.69, 9.17) is 4.74 Å². The average Bonchev–Trinajstić information content (AvgIpc) is 2.56. The van der Waals surface area contributed by atoms with E-state index in [1.807, 2.05) is 48.5 Å². The van der Waals surface area contributed by atoms with Crippen molar-refractivity contribution in [3.05, 3.63) is 83.1 Å². The summed E-state index contributed by atoms with van der Waals surface area (Å²) in [5.41, 5.74) is 2.06. The lowest BCUT2D eigenvalue weighted by Gasteiger charge is -2.24. The van der Waals surface area contributed by atoms with Crippen LogP contribution in [0.1, 0.15) is 35.2 Å². The summed E-state index contributed by atoms with van der Waals surface area (Å²) in [6.07, 6.45) is 0.377. The molecule has 0 radical (unpaired) electrons. The fourth-order valence-corrected chi connectivity index (χ4v) is 2.67. The zero-order valence-electron chi connectivity index (χ0n) is 12.3. The maximum absolute atomic E-state index is 12.6. The molecule has 0 saturated carbocycles. The predicted molar refractivity (Wildman–Crippen MR) is 83.4 cm³/mol. The number of esters is 1. The molecule has 3 nitrogen and oxygen atoms in total. The summed E-state index contributed by atoms with van der Waals surface area (Å²) >= 11 is 0. The van der Waals surface area contributed by atoms with Crippen molar-refractivity contribution in [2.45, 2.75) is 19.3 Å². The van der Waals surface area contributed by atoms with E-state index in [0.29, 0.717) is 23.3 Å². The molecule has 1 aliphatic rings. The van der Waals surface area contributed by atoms with Gasteiger partial charge in [-0.25, -0.2) is 0 Å². The van der Waals surface area contributed by atoms with E-state index in [0.717, 1.165) is 5.56 Å². The van der Waals surface area contributed by atoms with Crippen molar-refractivity contribution >= 4 is 11.8 Å². The third kappa shape index (κ3) is 2.70. The van der Waals surface area contributed by atoms with Gasteiger partial charge in [0.15, 0.2) is 5.78 Å². The number of Topliss-reactive ketones (excluding diaryl/α,β-unsaturated/α-hetero) is 1. The van der Waals surface area contributed by atoms with E-state index in [1.54, 1.807) is 19.1 Å². The normalized spacial score (nSPS) is 18.0.